The zero-order chi connectivity index (χ0) is 16.6. The Balaban J connectivity index is 2.19. The van der Waals surface area contributed by atoms with E-state index in [1.807, 2.05) is 0 Å². The van der Waals surface area contributed by atoms with Crippen LogP contribution in [0.4, 0.5) is 0 Å². The second kappa shape index (κ2) is 5.93. The van der Waals surface area contributed by atoms with Gasteiger partial charge in [-0.15, -0.1) is 0 Å². The molecule has 0 aliphatic rings. The van der Waals surface area contributed by atoms with Gasteiger partial charge in [-0.2, -0.15) is 0 Å². The molecule has 0 aliphatic carbocycles. The molecule has 0 bridgehead atoms. The van der Waals surface area contributed by atoms with Gasteiger partial charge in [0.2, 0.25) is 5.78 Å². The van der Waals surface area contributed by atoms with Crippen LogP contribution in [0.25, 0.3) is 10.9 Å². The number of hydrogen-bond acceptors (Lipinski definition) is 3. The third-order valence-corrected chi connectivity index (χ3v) is 3.86. The SMILES string of the molecule is CCC(=O)Oc1c(C(=O)c2cccn2C)[nH]c2ccc(Cl)cc12. The predicted molar refractivity (Wildman–Crippen MR) is 88.1 cm³/mol. The molecular formula is C17H15ClN2O3. The highest BCUT2D eigenvalue weighted by Crippen LogP contribution is 2.33. The summed E-state index contributed by atoms with van der Waals surface area (Å²) >= 11 is 6.03. The lowest BCUT2D eigenvalue weighted by atomic mass is 10.1. The van der Waals surface area contributed by atoms with Crippen LogP contribution in [-0.2, 0) is 11.8 Å². The van der Waals surface area contributed by atoms with Crippen LogP contribution in [0.5, 0.6) is 5.75 Å². The predicted octanol–water partition coefficient (Wildman–Crippen LogP) is 3.71. The molecule has 23 heavy (non-hydrogen) atoms. The van der Waals surface area contributed by atoms with Gasteiger partial charge in [0.1, 0.15) is 5.69 Å². The number of ether oxygens (including phenoxy) is 1. The number of aromatic amines is 1. The lowest BCUT2D eigenvalue weighted by Gasteiger charge is -2.06. The Morgan fingerprint density at radius 1 is 1.30 bits per heavy atom. The van der Waals surface area contributed by atoms with Gasteiger partial charge in [-0.05, 0) is 30.3 Å². The zero-order valence-electron chi connectivity index (χ0n) is 12.7. The van der Waals surface area contributed by atoms with Crippen molar-refractivity contribution in [3.05, 3.63) is 52.9 Å². The van der Waals surface area contributed by atoms with Crippen molar-refractivity contribution in [2.45, 2.75) is 13.3 Å². The number of carbonyl (C=O) groups excluding carboxylic acids is 2. The standard InChI is InChI=1S/C17H15ClN2O3/c1-3-14(21)23-17-11-9-10(18)6-7-12(11)19-15(17)16(22)13-5-4-8-20(13)2/h4-9,19H,3H2,1-2H3. The van der Waals surface area contributed by atoms with E-state index in [2.05, 4.69) is 4.98 Å². The largest absolute Gasteiger partial charge is 0.423 e. The second-order valence-electron chi connectivity index (χ2n) is 5.18. The quantitative estimate of drug-likeness (QED) is 0.586. The van der Waals surface area contributed by atoms with Gasteiger partial charge in [-0.1, -0.05) is 18.5 Å². The number of carbonyl (C=O) groups is 2. The zero-order valence-corrected chi connectivity index (χ0v) is 13.5. The summed E-state index contributed by atoms with van der Waals surface area (Å²) in [6, 6.07) is 8.63. The highest BCUT2D eigenvalue weighted by molar-refractivity contribution is 6.31. The van der Waals surface area contributed by atoms with Gasteiger partial charge in [0.05, 0.1) is 5.69 Å². The van der Waals surface area contributed by atoms with Crippen molar-refractivity contribution in [2.24, 2.45) is 7.05 Å². The smallest absolute Gasteiger partial charge is 0.310 e. The number of hydrogen-bond donors (Lipinski definition) is 1. The van der Waals surface area contributed by atoms with E-state index in [4.69, 9.17) is 16.3 Å². The van der Waals surface area contributed by atoms with Gasteiger partial charge < -0.3 is 14.3 Å². The number of nitrogens with one attached hydrogen (secondary N) is 1. The first kappa shape index (κ1) is 15.4. The topological polar surface area (TPSA) is 64.1 Å². The van der Waals surface area contributed by atoms with Crippen LogP contribution in [0.1, 0.15) is 29.5 Å². The Kier molecular flexibility index (Phi) is 3.96. The summed E-state index contributed by atoms with van der Waals surface area (Å²) in [5.41, 5.74) is 1.42. The van der Waals surface area contributed by atoms with Crippen LogP contribution in [0.3, 0.4) is 0 Å². The van der Waals surface area contributed by atoms with Crippen LogP contribution in [0.2, 0.25) is 5.02 Å². The second-order valence-corrected chi connectivity index (χ2v) is 5.62. The van der Waals surface area contributed by atoms with Crippen molar-refractivity contribution < 1.29 is 14.3 Å². The van der Waals surface area contributed by atoms with Gasteiger partial charge in [0.15, 0.2) is 5.75 Å². The highest BCUT2D eigenvalue weighted by atomic mass is 35.5. The van der Waals surface area contributed by atoms with E-state index in [0.717, 1.165) is 0 Å². The molecule has 5 nitrogen and oxygen atoms in total. The normalized spacial score (nSPS) is 10.9. The molecule has 1 aromatic carbocycles. The van der Waals surface area contributed by atoms with Crippen LogP contribution < -0.4 is 4.74 Å². The Bertz CT molecular complexity index is 908. The molecule has 2 aromatic heterocycles. The molecule has 0 unspecified atom stereocenters. The molecule has 0 atom stereocenters. The molecular weight excluding hydrogens is 316 g/mol. The number of halogens is 1. The molecule has 118 valence electrons. The van der Waals surface area contributed by atoms with Gasteiger partial charge in [0, 0.05) is 35.6 Å². The summed E-state index contributed by atoms with van der Waals surface area (Å²) in [4.78, 5) is 27.6. The molecule has 2 heterocycles. The first-order chi connectivity index (χ1) is 11.0. The van der Waals surface area contributed by atoms with Crippen LogP contribution in [0, 0.1) is 0 Å². The minimum absolute atomic E-state index is 0.213. The molecule has 6 heteroatoms. The van der Waals surface area contributed by atoms with E-state index in [1.165, 1.54) is 0 Å². The van der Waals surface area contributed by atoms with Gasteiger partial charge in [-0.3, -0.25) is 9.59 Å². The Labute approximate surface area is 137 Å². The minimum Gasteiger partial charge on any atom is -0.423 e. The van der Waals surface area contributed by atoms with Crippen molar-refractivity contribution in [3.63, 3.8) is 0 Å². The van der Waals surface area contributed by atoms with E-state index in [9.17, 15) is 9.59 Å². The third kappa shape index (κ3) is 2.75. The number of benzene rings is 1. The number of aromatic nitrogens is 2. The molecule has 0 radical (unpaired) electrons. The van der Waals surface area contributed by atoms with Gasteiger partial charge in [-0.25, -0.2) is 0 Å². The molecule has 0 saturated carbocycles. The maximum atomic E-state index is 12.8. The lowest BCUT2D eigenvalue weighted by Crippen LogP contribution is -2.12. The molecule has 0 aliphatic heterocycles. The highest BCUT2D eigenvalue weighted by Gasteiger charge is 2.23. The number of ketones is 1. The summed E-state index contributed by atoms with van der Waals surface area (Å²) < 4.78 is 7.12. The fourth-order valence-corrected chi connectivity index (χ4v) is 2.59. The lowest BCUT2D eigenvalue weighted by molar-refractivity contribution is -0.133. The summed E-state index contributed by atoms with van der Waals surface area (Å²) in [7, 11) is 1.78. The Morgan fingerprint density at radius 2 is 2.09 bits per heavy atom. The van der Waals surface area contributed by atoms with Crippen molar-refractivity contribution >= 4 is 34.3 Å². The molecule has 0 fully saturated rings. The van der Waals surface area contributed by atoms with Crippen molar-refractivity contribution in [3.8, 4) is 5.75 Å². The monoisotopic (exact) mass is 330 g/mol. The summed E-state index contributed by atoms with van der Waals surface area (Å²) in [5, 5.41) is 1.11. The van der Waals surface area contributed by atoms with Gasteiger partial charge in [0.25, 0.3) is 0 Å². The van der Waals surface area contributed by atoms with Crippen LogP contribution in [0.15, 0.2) is 36.5 Å². The molecule has 0 saturated heterocycles. The molecule has 3 rings (SSSR count). The van der Waals surface area contributed by atoms with Crippen LogP contribution in [-0.4, -0.2) is 21.3 Å². The maximum Gasteiger partial charge on any atom is 0.310 e. The average Bonchev–Trinajstić information content (AvgIpc) is 3.11. The Morgan fingerprint density at radius 3 is 2.74 bits per heavy atom. The molecule has 0 amide bonds. The van der Waals surface area contributed by atoms with Gasteiger partial charge >= 0.3 is 5.97 Å². The first-order valence-corrected chi connectivity index (χ1v) is 7.57. The number of H-pyrrole nitrogens is 1. The van der Waals surface area contributed by atoms with E-state index >= 15 is 0 Å². The number of rotatable bonds is 4. The van der Waals surface area contributed by atoms with E-state index in [-0.39, 0.29) is 23.6 Å². The van der Waals surface area contributed by atoms with Crippen LogP contribution >= 0.6 is 11.6 Å². The fraction of sp³-hybridized carbons (Fsp3) is 0.176. The number of aryl methyl sites for hydroxylation is 1. The summed E-state index contributed by atoms with van der Waals surface area (Å²) in [6.07, 6.45) is 2.00. The Hall–Kier alpha value is -2.53. The summed E-state index contributed by atoms with van der Waals surface area (Å²) in [6.45, 7) is 1.70. The van der Waals surface area contributed by atoms with Crippen molar-refractivity contribution in [1.29, 1.82) is 0 Å². The fourth-order valence-electron chi connectivity index (χ4n) is 2.42. The minimum atomic E-state index is -0.410. The van der Waals surface area contributed by atoms with E-state index < -0.39 is 5.97 Å². The van der Waals surface area contributed by atoms with Crippen molar-refractivity contribution in [1.82, 2.24) is 9.55 Å². The number of nitrogens with zero attached hydrogens (tertiary/aromatic N) is 1. The third-order valence-electron chi connectivity index (χ3n) is 3.62. The summed E-state index contributed by atoms with van der Waals surface area (Å²) in [5.74, 6) is -0.434. The molecule has 1 N–H and O–H groups in total. The van der Waals surface area contributed by atoms with E-state index in [0.29, 0.717) is 21.6 Å². The maximum absolute atomic E-state index is 12.8. The molecule has 3 aromatic rings. The molecule has 0 spiro atoms. The number of esters is 1. The van der Waals surface area contributed by atoms with E-state index in [1.54, 1.807) is 55.1 Å². The first-order valence-electron chi connectivity index (χ1n) is 7.19. The number of fused-ring (bicyclic) bond motifs is 1. The average molecular weight is 331 g/mol. The van der Waals surface area contributed by atoms with Crippen molar-refractivity contribution in [2.75, 3.05) is 0 Å².